The normalized spacial score (nSPS) is 31.8. The molecule has 0 aromatic carbocycles. The fraction of sp³-hybridized carbons (Fsp3) is 0.500. The molecular formula is C12H16N6O5. The number of aromatic nitrogens is 4. The molecule has 0 bridgehead atoms. The first-order chi connectivity index (χ1) is 10.9. The molecule has 0 saturated carbocycles. The van der Waals surface area contributed by atoms with Gasteiger partial charge in [-0.2, -0.15) is 0 Å². The van der Waals surface area contributed by atoms with Crippen LogP contribution in [0.1, 0.15) is 18.8 Å². The number of rotatable bonds is 3. The van der Waals surface area contributed by atoms with E-state index in [1.54, 1.807) is 0 Å². The fourth-order valence-electron chi connectivity index (χ4n) is 2.65. The molecule has 3 rings (SSSR count). The molecule has 1 fully saturated rings. The molecule has 11 heteroatoms. The van der Waals surface area contributed by atoms with E-state index >= 15 is 0 Å². The second-order valence-corrected chi connectivity index (χ2v) is 5.41. The third kappa shape index (κ3) is 2.21. The SMILES string of the molecule is C[C@@]1(O)[C@H](O)[C@@H](CO)O[C@H]1n1cnc2c(/C(N)=N/O)ncnc21. The minimum Gasteiger partial charge on any atom is -0.409 e. The summed E-state index contributed by atoms with van der Waals surface area (Å²) >= 11 is 0. The number of nitrogens with zero attached hydrogens (tertiary/aromatic N) is 5. The van der Waals surface area contributed by atoms with Crippen molar-refractivity contribution in [1.82, 2.24) is 19.5 Å². The molecule has 1 saturated heterocycles. The molecule has 0 radical (unpaired) electrons. The van der Waals surface area contributed by atoms with Crippen molar-refractivity contribution in [1.29, 1.82) is 0 Å². The van der Waals surface area contributed by atoms with Gasteiger partial charge < -0.3 is 31.0 Å². The van der Waals surface area contributed by atoms with E-state index in [1.165, 1.54) is 24.1 Å². The number of imidazole rings is 1. The van der Waals surface area contributed by atoms with Crippen molar-refractivity contribution >= 4 is 17.0 Å². The van der Waals surface area contributed by atoms with Gasteiger partial charge in [0.1, 0.15) is 35.3 Å². The Kier molecular flexibility index (Phi) is 3.64. The molecule has 1 aliphatic rings. The van der Waals surface area contributed by atoms with Gasteiger partial charge in [0.2, 0.25) is 0 Å². The van der Waals surface area contributed by atoms with Crippen LogP contribution in [0.5, 0.6) is 0 Å². The average molecular weight is 324 g/mol. The Morgan fingerprint density at radius 2 is 2.22 bits per heavy atom. The number of fused-ring (bicyclic) bond motifs is 1. The Hall–Kier alpha value is -2.34. The number of ether oxygens (including phenoxy) is 1. The summed E-state index contributed by atoms with van der Waals surface area (Å²) in [6, 6.07) is 0. The van der Waals surface area contributed by atoms with Crippen molar-refractivity contribution in [2.24, 2.45) is 10.9 Å². The van der Waals surface area contributed by atoms with Crippen molar-refractivity contribution in [3.8, 4) is 0 Å². The molecule has 11 nitrogen and oxygen atoms in total. The first-order valence-corrected chi connectivity index (χ1v) is 6.74. The quantitative estimate of drug-likeness (QED) is 0.184. The van der Waals surface area contributed by atoms with Crippen LogP contribution in [-0.4, -0.2) is 70.3 Å². The topological polar surface area (TPSA) is 172 Å². The van der Waals surface area contributed by atoms with Crippen LogP contribution in [0.4, 0.5) is 0 Å². The van der Waals surface area contributed by atoms with Crippen LogP contribution in [0.25, 0.3) is 11.2 Å². The Balaban J connectivity index is 2.12. The third-order valence-electron chi connectivity index (χ3n) is 3.90. The van der Waals surface area contributed by atoms with Crippen molar-refractivity contribution < 1.29 is 25.3 Å². The van der Waals surface area contributed by atoms with Crippen LogP contribution in [0.15, 0.2) is 17.8 Å². The lowest BCUT2D eigenvalue weighted by molar-refractivity contribution is -0.0950. The standard InChI is InChI=1S/C12H16N6O5/c1-12(21)8(20)5(2-19)23-11(12)18-4-16-7-6(9(13)17-22)14-3-15-10(7)18/h3-5,8,11,19-22H,2H2,1H3,(H2,13,17)/t5-,8-,11-,12-/m1/s1. The van der Waals surface area contributed by atoms with E-state index in [4.69, 9.17) is 15.7 Å². The molecule has 124 valence electrons. The van der Waals surface area contributed by atoms with Crippen LogP contribution in [0.3, 0.4) is 0 Å². The maximum absolute atomic E-state index is 10.5. The number of aliphatic hydroxyl groups excluding tert-OH is 2. The van der Waals surface area contributed by atoms with Gasteiger partial charge in [0.05, 0.1) is 12.9 Å². The van der Waals surface area contributed by atoms with Crippen molar-refractivity contribution in [3.05, 3.63) is 18.3 Å². The van der Waals surface area contributed by atoms with Gasteiger partial charge in [-0.05, 0) is 6.92 Å². The highest BCUT2D eigenvalue weighted by Gasteiger charge is 2.53. The summed E-state index contributed by atoms with van der Waals surface area (Å²) in [7, 11) is 0. The van der Waals surface area contributed by atoms with Crippen LogP contribution in [-0.2, 0) is 4.74 Å². The molecule has 2 aromatic rings. The molecule has 23 heavy (non-hydrogen) atoms. The zero-order chi connectivity index (χ0) is 16.8. The molecule has 4 atom stereocenters. The molecular weight excluding hydrogens is 308 g/mol. The Morgan fingerprint density at radius 3 is 2.83 bits per heavy atom. The number of amidine groups is 1. The van der Waals surface area contributed by atoms with Crippen LogP contribution in [0.2, 0.25) is 0 Å². The van der Waals surface area contributed by atoms with Gasteiger partial charge in [-0.15, -0.1) is 0 Å². The lowest BCUT2D eigenvalue weighted by Crippen LogP contribution is -2.44. The number of hydrogen-bond acceptors (Lipinski definition) is 9. The highest BCUT2D eigenvalue weighted by atomic mass is 16.6. The molecule has 3 heterocycles. The summed E-state index contributed by atoms with van der Waals surface area (Å²) in [5, 5.41) is 41.5. The lowest BCUT2D eigenvalue weighted by Gasteiger charge is -2.27. The maximum atomic E-state index is 10.5. The largest absolute Gasteiger partial charge is 0.409 e. The van der Waals surface area contributed by atoms with Gasteiger partial charge in [-0.1, -0.05) is 5.16 Å². The number of nitrogens with two attached hydrogens (primary N) is 1. The summed E-state index contributed by atoms with van der Waals surface area (Å²) in [5.74, 6) is -0.241. The van der Waals surface area contributed by atoms with Gasteiger partial charge in [0, 0.05) is 0 Å². The van der Waals surface area contributed by atoms with Gasteiger partial charge in [0.25, 0.3) is 0 Å². The monoisotopic (exact) mass is 324 g/mol. The number of hydrogen-bond donors (Lipinski definition) is 5. The van der Waals surface area contributed by atoms with Gasteiger partial charge in [0.15, 0.2) is 17.7 Å². The first-order valence-electron chi connectivity index (χ1n) is 6.74. The van der Waals surface area contributed by atoms with Crippen molar-refractivity contribution in [3.63, 3.8) is 0 Å². The lowest BCUT2D eigenvalue weighted by atomic mass is 9.96. The van der Waals surface area contributed by atoms with Crippen molar-refractivity contribution in [2.45, 2.75) is 31.0 Å². The van der Waals surface area contributed by atoms with Crippen LogP contribution >= 0.6 is 0 Å². The van der Waals surface area contributed by atoms with E-state index in [-0.39, 0.29) is 22.7 Å². The Morgan fingerprint density at radius 1 is 1.48 bits per heavy atom. The highest BCUT2D eigenvalue weighted by molar-refractivity contribution is 6.04. The van der Waals surface area contributed by atoms with Crippen LogP contribution in [0, 0.1) is 0 Å². The van der Waals surface area contributed by atoms with Crippen molar-refractivity contribution in [2.75, 3.05) is 6.61 Å². The second-order valence-electron chi connectivity index (χ2n) is 5.41. The molecule has 0 amide bonds. The predicted molar refractivity (Wildman–Crippen MR) is 75.5 cm³/mol. The molecule has 0 aliphatic carbocycles. The summed E-state index contributed by atoms with van der Waals surface area (Å²) in [4.78, 5) is 12.1. The molecule has 0 unspecified atom stereocenters. The number of aliphatic hydroxyl groups is 3. The van der Waals surface area contributed by atoms with E-state index < -0.39 is 30.6 Å². The molecule has 0 spiro atoms. The summed E-state index contributed by atoms with van der Waals surface area (Å²) in [6.07, 6.45) is -0.746. The maximum Gasteiger partial charge on any atom is 0.191 e. The fourth-order valence-corrected chi connectivity index (χ4v) is 2.65. The third-order valence-corrected chi connectivity index (χ3v) is 3.90. The molecule has 1 aliphatic heterocycles. The summed E-state index contributed by atoms with van der Waals surface area (Å²) in [6.45, 7) is 0.931. The van der Waals surface area contributed by atoms with Gasteiger partial charge in [-0.3, -0.25) is 4.57 Å². The predicted octanol–water partition coefficient (Wildman–Crippen LogP) is -2.08. The van der Waals surface area contributed by atoms with E-state index in [2.05, 4.69) is 20.1 Å². The zero-order valence-electron chi connectivity index (χ0n) is 12.1. The minimum atomic E-state index is -1.68. The van der Waals surface area contributed by atoms with E-state index in [0.717, 1.165) is 0 Å². The summed E-state index contributed by atoms with van der Waals surface area (Å²) in [5.41, 5.74) is 4.49. The Bertz CT molecular complexity index is 759. The van der Waals surface area contributed by atoms with Gasteiger partial charge in [-0.25, -0.2) is 15.0 Å². The first kappa shape index (κ1) is 15.6. The van der Waals surface area contributed by atoms with Crippen LogP contribution < -0.4 is 5.73 Å². The smallest absolute Gasteiger partial charge is 0.191 e. The van der Waals surface area contributed by atoms with E-state index in [0.29, 0.717) is 0 Å². The summed E-state index contributed by atoms with van der Waals surface area (Å²) < 4.78 is 6.91. The highest BCUT2D eigenvalue weighted by Crippen LogP contribution is 2.39. The zero-order valence-corrected chi connectivity index (χ0v) is 12.1. The minimum absolute atomic E-state index is 0.119. The number of oxime groups is 1. The van der Waals surface area contributed by atoms with Gasteiger partial charge >= 0.3 is 0 Å². The Labute approximate surface area is 129 Å². The van der Waals surface area contributed by atoms with E-state index in [9.17, 15) is 15.3 Å². The van der Waals surface area contributed by atoms with E-state index in [1.807, 2.05) is 0 Å². The second kappa shape index (κ2) is 5.38. The average Bonchev–Trinajstić information content (AvgIpc) is 3.06. The molecule has 6 N–H and O–H groups in total. The molecule has 2 aromatic heterocycles.